The molecule has 0 radical (unpaired) electrons. The highest BCUT2D eigenvalue weighted by Crippen LogP contribution is 2.31. The van der Waals surface area contributed by atoms with Crippen LogP contribution in [0.2, 0.25) is 0 Å². The SMILES string of the molecule is Cc1ccc(C(NN)c2cccc3cnccc23)s1. The van der Waals surface area contributed by atoms with Crippen LogP contribution in [0.15, 0.2) is 48.8 Å². The molecule has 0 fully saturated rings. The van der Waals surface area contributed by atoms with E-state index < -0.39 is 0 Å². The van der Waals surface area contributed by atoms with Gasteiger partial charge in [0.1, 0.15) is 0 Å². The molecule has 1 unspecified atom stereocenters. The molecule has 3 nitrogen and oxygen atoms in total. The van der Waals surface area contributed by atoms with Gasteiger partial charge in [-0.2, -0.15) is 0 Å². The summed E-state index contributed by atoms with van der Waals surface area (Å²) in [6.07, 6.45) is 3.70. The molecule has 1 atom stereocenters. The van der Waals surface area contributed by atoms with Crippen molar-refractivity contribution in [2.45, 2.75) is 13.0 Å². The van der Waals surface area contributed by atoms with Gasteiger partial charge in [-0.1, -0.05) is 18.2 Å². The number of rotatable bonds is 3. The summed E-state index contributed by atoms with van der Waals surface area (Å²) in [6, 6.07) is 12.5. The summed E-state index contributed by atoms with van der Waals surface area (Å²) in [7, 11) is 0. The molecule has 19 heavy (non-hydrogen) atoms. The van der Waals surface area contributed by atoms with Gasteiger partial charge in [-0.15, -0.1) is 11.3 Å². The van der Waals surface area contributed by atoms with Crippen molar-refractivity contribution < 1.29 is 0 Å². The summed E-state index contributed by atoms with van der Waals surface area (Å²) in [5.41, 5.74) is 4.11. The average Bonchev–Trinajstić information content (AvgIpc) is 2.86. The topological polar surface area (TPSA) is 50.9 Å². The normalized spacial score (nSPS) is 12.7. The van der Waals surface area contributed by atoms with Crippen LogP contribution in [-0.2, 0) is 0 Å². The maximum Gasteiger partial charge on any atom is 0.0808 e. The van der Waals surface area contributed by atoms with Crippen LogP contribution in [0, 0.1) is 6.92 Å². The third kappa shape index (κ3) is 2.26. The second-order valence-corrected chi connectivity index (χ2v) is 5.81. The van der Waals surface area contributed by atoms with E-state index in [0.717, 1.165) is 5.39 Å². The van der Waals surface area contributed by atoms with E-state index in [1.807, 2.05) is 24.5 Å². The second-order valence-electron chi connectivity index (χ2n) is 4.49. The Morgan fingerprint density at radius 3 is 2.84 bits per heavy atom. The lowest BCUT2D eigenvalue weighted by atomic mass is 9.99. The molecule has 2 aromatic heterocycles. The first-order valence-electron chi connectivity index (χ1n) is 6.14. The highest BCUT2D eigenvalue weighted by molar-refractivity contribution is 7.12. The van der Waals surface area contributed by atoms with E-state index in [9.17, 15) is 0 Å². The highest BCUT2D eigenvalue weighted by Gasteiger charge is 2.16. The zero-order valence-electron chi connectivity index (χ0n) is 10.6. The first-order valence-corrected chi connectivity index (χ1v) is 6.96. The van der Waals surface area contributed by atoms with Gasteiger partial charge in [-0.25, -0.2) is 5.43 Å². The lowest BCUT2D eigenvalue weighted by molar-refractivity contribution is 0.650. The van der Waals surface area contributed by atoms with Crippen LogP contribution in [0.25, 0.3) is 10.8 Å². The molecule has 0 saturated carbocycles. The monoisotopic (exact) mass is 269 g/mol. The number of benzene rings is 1. The first kappa shape index (κ1) is 12.3. The lowest BCUT2D eigenvalue weighted by Crippen LogP contribution is -2.28. The quantitative estimate of drug-likeness (QED) is 0.567. The third-order valence-electron chi connectivity index (χ3n) is 3.24. The van der Waals surface area contributed by atoms with E-state index in [2.05, 4.69) is 41.6 Å². The van der Waals surface area contributed by atoms with Crippen LogP contribution in [0.1, 0.15) is 21.4 Å². The van der Waals surface area contributed by atoms with E-state index in [-0.39, 0.29) is 6.04 Å². The van der Waals surface area contributed by atoms with Gasteiger partial charge < -0.3 is 0 Å². The Kier molecular flexibility index (Phi) is 3.29. The van der Waals surface area contributed by atoms with Crippen molar-refractivity contribution in [3.8, 4) is 0 Å². The minimum atomic E-state index is 0.0183. The van der Waals surface area contributed by atoms with E-state index in [4.69, 9.17) is 5.84 Å². The molecule has 96 valence electrons. The molecule has 4 heteroatoms. The van der Waals surface area contributed by atoms with Crippen LogP contribution in [0.4, 0.5) is 0 Å². The molecule has 0 aliphatic carbocycles. The zero-order chi connectivity index (χ0) is 13.2. The summed E-state index contributed by atoms with van der Waals surface area (Å²) in [4.78, 5) is 6.68. The molecule has 0 spiro atoms. The molecule has 0 saturated heterocycles. The zero-order valence-corrected chi connectivity index (χ0v) is 11.4. The third-order valence-corrected chi connectivity index (χ3v) is 4.30. The number of thiophene rings is 1. The van der Waals surface area contributed by atoms with Crippen molar-refractivity contribution in [3.05, 3.63) is 64.1 Å². The van der Waals surface area contributed by atoms with Gasteiger partial charge >= 0.3 is 0 Å². The van der Waals surface area contributed by atoms with Crippen LogP contribution >= 0.6 is 11.3 Å². The van der Waals surface area contributed by atoms with Gasteiger partial charge in [-0.05, 0) is 36.1 Å². The van der Waals surface area contributed by atoms with E-state index in [0.29, 0.717) is 0 Å². The van der Waals surface area contributed by atoms with Crippen molar-refractivity contribution in [2.24, 2.45) is 5.84 Å². The van der Waals surface area contributed by atoms with Gasteiger partial charge in [-0.3, -0.25) is 10.8 Å². The molecule has 3 N–H and O–H groups in total. The van der Waals surface area contributed by atoms with Crippen LogP contribution < -0.4 is 11.3 Å². The van der Waals surface area contributed by atoms with Crippen molar-refractivity contribution >= 4 is 22.1 Å². The molecule has 3 rings (SSSR count). The number of hydrogen-bond acceptors (Lipinski definition) is 4. The molecule has 0 aliphatic rings. The fraction of sp³-hybridized carbons (Fsp3) is 0.133. The van der Waals surface area contributed by atoms with Crippen LogP contribution in [-0.4, -0.2) is 4.98 Å². The summed E-state index contributed by atoms with van der Waals surface area (Å²) >= 11 is 1.77. The number of hydrazine groups is 1. The van der Waals surface area contributed by atoms with E-state index in [1.165, 1.54) is 20.7 Å². The molecular weight excluding hydrogens is 254 g/mol. The number of fused-ring (bicyclic) bond motifs is 1. The first-order chi connectivity index (χ1) is 9.29. The van der Waals surface area contributed by atoms with Gasteiger partial charge in [0.15, 0.2) is 0 Å². The van der Waals surface area contributed by atoms with E-state index in [1.54, 1.807) is 11.3 Å². The van der Waals surface area contributed by atoms with Gasteiger partial charge in [0.2, 0.25) is 0 Å². The minimum absolute atomic E-state index is 0.0183. The predicted molar refractivity (Wildman–Crippen MR) is 80.0 cm³/mol. The summed E-state index contributed by atoms with van der Waals surface area (Å²) in [5, 5.41) is 2.32. The van der Waals surface area contributed by atoms with Crippen LogP contribution in [0.5, 0.6) is 0 Å². The number of nitrogens with two attached hydrogens (primary N) is 1. The smallest absolute Gasteiger partial charge is 0.0808 e. The number of hydrogen-bond donors (Lipinski definition) is 2. The lowest BCUT2D eigenvalue weighted by Gasteiger charge is -2.17. The Balaban J connectivity index is 2.16. The summed E-state index contributed by atoms with van der Waals surface area (Å²) in [6.45, 7) is 2.11. The molecule has 2 heterocycles. The molecular formula is C15H15N3S. The fourth-order valence-corrected chi connectivity index (χ4v) is 3.29. The highest BCUT2D eigenvalue weighted by atomic mass is 32.1. The Labute approximate surface area is 116 Å². The molecule has 0 amide bonds. The molecule has 0 bridgehead atoms. The molecule has 3 aromatic rings. The average molecular weight is 269 g/mol. The Hall–Kier alpha value is -1.75. The Bertz CT molecular complexity index is 700. The van der Waals surface area contributed by atoms with Crippen molar-refractivity contribution in [1.82, 2.24) is 10.4 Å². The van der Waals surface area contributed by atoms with Crippen molar-refractivity contribution in [3.63, 3.8) is 0 Å². The maximum atomic E-state index is 5.78. The largest absolute Gasteiger partial charge is 0.271 e. The number of aromatic nitrogens is 1. The second kappa shape index (κ2) is 5.09. The standard InChI is InChI=1S/C15H15N3S/c1-10-5-6-14(19-10)15(18-16)13-4-2-3-11-9-17-8-7-12(11)13/h2-9,15,18H,16H2,1H3. The van der Waals surface area contributed by atoms with Gasteiger partial charge in [0.25, 0.3) is 0 Å². The number of aryl methyl sites for hydroxylation is 1. The Morgan fingerprint density at radius 2 is 2.11 bits per heavy atom. The van der Waals surface area contributed by atoms with Crippen molar-refractivity contribution in [1.29, 1.82) is 0 Å². The number of pyridine rings is 1. The summed E-state index contributed by atoms with van der Waals surface area (Å²) < 4.78 is 0. The summed E-state index contributed by atoms with van der Waals surface area (Å²) in [5.74, 6) is 5.78. The maximum absolute atomic E-state index is 5.78. The fourth-order valence-electron chi connectivity index (χ4n) is 2.33. The molecule has 0 aliphatic heterocycles. The van der Waals surface area contributed by atoms with E-state index >= 15 is 0 Å². The number of nitrogens with one attached hydrogen (secondary N) is 1. The minimum Gasteiger partial charge on any atom is -0.271 e. The predicted octanol–water partition coefficient (Wildman–Crippen LogP) is 3.16. The van der Waals surface area contributed by atoms with Crippen LogP contribution in [0.3, 0.4) is 0 Å². The van der Waals surface area contributed by atoms with Gasteiger partial charge in [0, 0.05) is 27.5 Å². The van der Waals surface area contributed by atoms with Crippen molar-refractivity contribution in [2.75, 3.05) is 0 Å². The Morgan fingerprint density at radius 1 is 1.21 bits per heavy atom. The number of nitrogens with zero attached hydrogens (tertiary/aromatic N) is 1. The van der Waals surface area contributed by atoms with Gasteiger partial charge in [0.05, 0.1) is 6.04 Å². The molecule has 1 aromatic carbocycles.